The van der Waals surface area contributed by atoms with E-state index >= 15 is 0 Å². The van der Waals surface area contributed by atoms with Crippen LogP contribution in [0.15, 0.2) is 42.5 Å². The van der Waals surface area contributed by atoms with Crippen LogP contribution in [0.5, 0.6) is 5.75 Å². The average Bonchev–Trinajstić information content (AvgIpc) is 2.80. The molecule has 0 saturated carbocycles. The Morgan fingerprint density at radius 1 is 1.08 bits per heavy atom. The van der Waals surface area contributed by atoms with Crippen LogP contribution in [0.25, 0.3) is 0 Å². The summed E-state index contributed by atoms with van der Waals surface area (Å²) in [5, 5.41) is 3.82. The van der Waals surface area contributed by atoms with Gasteiger partial charge in [0.25, 0.3) is 0 Å². The fraction of sp³-hybridized carbons (Fsp3) is 0.481. The van der Waals surface area contributed by atoms with Crippen LogP contribution in [0.1, 0.15) is 52.5 Å². The predicted octanol–water partition coefficient (Wildman–Crippen LogP) is 5.27. The molecule has 210 valence electrons. The van der Waals surface area contributed by atoms with Crippen LogP contribution in [0.2, 0.25) is 10.0 Å². The second-order valence-corrected chi connectivity index (χ2v) is 12.8. The van der Waals surface area contributed by atoms with Gasteiger partial charge in [0.05, 0.1) is 24.1 Å². The molecule has 0 radical (unpaired) electrons. The van der Waals surface area contributed by atoms with Gasteiger partial charge in [-0.2, -0.15) is 0 Å². The van der Waals surface area contributed by atoms with Crippen LogP contribution in [0, 0.1) is 0 Å². The van der Waals surface area contributed by atoms with Gasteiger partial charge in [-0.05, 0) is 69.5 Å². The summed E-state index contributed by atoms with van der Waals surface area (Å²) in [4.78, 5) is 28.2. The van der Waals surface area contributed by atoms with Gasteiger partial charge in [-0.1, -0.05) is 42.3 Å². The van der Waals surface area contributed by atoms with Crippen molar-refractivity contribution in [2.24, 2.45) is 0 Å². The van der Waals surface area contributed by atoms with Crippen molar-refractivity contribution in [2.45, 2.75) is 65.1 Å². The Bertz CT molecular complexity index is 1210. The molecule has 0 spiro atoms. The summed E-state index contributed by atoms with van der Waals surface area (Å²) >= 11 is 12.2. The number of rotatable bonds is 12. The molecule has 0 aliphatic heterocycles. The Balaban J connectivity index is 2.25. The number of carbonyl (C=O) groups is 2. The Morgan fingerprint density at radius 2 is 1.71 bits per heavy atom. The number of carbonyl (C=O) groups excluding carboxylic acids is 2. The quantitative estimate of drug-likeness (QED) is 0.366. The number of methoxy groups -OCH3 is 1. The van der Waals surface area contributed by atoms with Crippen molar-refractivity contribution < 1.29 is 22.7 Å². The first kappa shape index (κ1) is 31.7. The number of halogens is 2. The van der Waals surface area contributed by atoms with E-state index in [-0.39, 0.29) is 42.8 Å². The number of ether oxygens (including phenoxy) is 1. The Morgan fingerprint density at radius 3 is 2.21 bits per heavy atom. The van der Waals surface area contributed by atoms with Crippen molar-refractivity contribution in [3.05, 3.63) is 58.1 Å². The first-order valence-electron chi connectivity index (χ1n) is 12.3. The van der Waals surface area contributed by atoms with Gasteiger partial charge in [-0.15, -0.1) is 0 Å². The maximum absolute atomic E-state index is 13.5. The van der Waals surface area contributed by atoms with Gasteiger partial charge in [0, 0.05) is 30.1 Å². The number of hydrogen-bond donors (Lipinski definition) is 1. The minimum absolute atomic E-state index is 0.0444. The zero-order chi connectivity index (χ0) is 28.7. The van der Waals surface area contributed by atoms with Crippen molar-refractivity contribution in [3.8, 4) is 5.75 Å². The number of hydrogen-bond acceptors (Lipinski definition) is 5. The van der Waals surface area contributed by atoms with Crippen LogP contribution in [0.3, 0.4) is 0 Å². The largest absolute Gasteiger partial charge is 0.495 e. The Kier molecular flexibility index (Phi) is 11.3. The summed E-state index contributed by atoms with van der Waals surface area (Å²) in [7, 11) is -2.17. The molecule has 0 saturated heterocycles. The summed E-state index contributed by atoms with van der Waals surface area (Å²) in [5.41, 5.74) is 0.741. The Hall–Kier alpha value is -2.49. The minimum Gasteiger partial charge on any atom is -0.495 e. The lowest BCUT2D eigenvalue weighted by atomic mass is 10.0. The zero-order valence-electron chi connectivity index (χ0n) is 22.8. The maximum atomic E-state index is 13.5. The smallest absolute Gasteiger partial charge is 0.243 e. The van der Waals surface area contributed by atoms with Gasteiger partial charge in [-0.3, -0.25) is 13.9 Å². The number of anilines is 1. The zero-order valence-corrected chi connectivity index (χ0v) is 25.1. The van der Waals surface area contributed by atoms with E-state index < -0.39 is 21.6 Å². The molecule has 38 heavy (non-hydrogen) atoms. The summed E-state index contributed by atoms with van der Waals surface area (Å²) < 4.78 is 31.4. The van der Waals surface area contributed by atoms with Gasteiger partial charge in [0.15, 0.2) is 0 Å². The molecule has 0 aliphatic rings. The molecule has 1 atom stereocenters. The highest BCUT2D eigenvalue weighted by Crippen LogP contribution is 2.30. The second kappa shape index (κ2) is 13.5. The molecule has 0 fully saturated rings. The molecular weight excluding hydrogens is 549 g/mol. The number of amides is 2. The number of nitrogens with zero attached hydrogens (tertiary/aromatic N) is 2. The maximum Gasteiger partial charge on any atom is 0.243 e. The van der Waals surface area contributed by atoms with Gasteiger partial charge in [0.2, 0.25) is 21.8 Å². The van der Waals surface area contributed by atoms with Crippen molar-refractivity contribution in [2.75, 3.05) is 24.2 Å². The fourth-order valence-corrected chi connectivity index (χ4v) is 5.31. The average molecular weight is 587 g/mol. The molecule has 0 heterocycles. The molecule has 0 aromatic heterocycles. The molecule has 0 aliphatic carbocycles. The van der Waals surface area contributed by atoms with E-state index in [0.717, 1.165) is 11.8 Å². The lowest BCUT2D eigenvalue weighted by Crippen LogP contribution is -2.53. The summed E-state index contributed by atoms with van der Waals surface area (Å²) in [6, 6.07) is 11.1. The van der Waals surface area contributed by atoms with E-state index in [0.29, 0.717) is 22.9 Å². The van der Waals surface area contributed by atoms with Crippen molar-refractivity contribution in [3.63, 3.8) is 0 Å². The molecule has 2 rings (SSSR count). The molecule has 2 amide bonds. The van der Waals surface area contributed by atoms with Crippen molar-refractivity contribution in [1.29, 1.82) is 0 Å². The highest BCUT2D eigenvalue weighted by molar-refractivity contribution is 7.92. The molecule has 8 nitrogen and oxygen atoms in total. The lowest BCUT2D eigenvalue weighted by molar-refractivity contribution is -0.142. The van der Waals surface area contributed by atoms with E-state index in [1.54, 1.807) is 29.2 Å². The third-order valence-electron chi connectivity index (χ3n) is 5.73. The molecule has 2 aromatic carbocycles. The molecular formula is C27H37Cl2N3O5S. The van der Waals surface area contributed by atoms with E-state index in [4.69, 9.17) is 27.9 Å². The lowest BCUT2D eigenvalue weighted by Gasteiger charge is -2.33. The summed E-state index contributed by atoms with van der Waals surface area (Å²) in [6.45, 7) is 7.79. The predicted molar refractivity (Wildman–Crippen MR) is 153 cm³/mol. The normalized spacial score (nSPS) is 12.5. The summed E-state index contributed by atoms with van der Waals surface area (Å²) in [5.74, 6) is -0.0685. The standard InChI is InChI=1S/C27H37Cl2N3O5S/c1-7-23(26(34)30-27(2,3)4)31(18-19-10-12-20(28)13-11-19)25(33)9-8-16-32(38(6,35)36)21-14-15-24(37-5)22(29)17-21/h10-15,17,23H,7-9,16,18H2,1-6H3,(H,30,34)/t23-/m1/s1. The first-order valence-corrected chi connectivity index (χ1v) is 14.9. The van der Waals surface area contributed by atoms with E-state index in [2.05, 4.69) is 5.32 Å². The van der Waals surface area contributed by atoms with Crippen LogP contribution in [-0.4, -0.2) is 56.6 Å². The monoisotopic (exact) mass is 585 g/mol. The van der Waals surface area contributed by atoms with Crippen LogP contribution >= 0.6 is 23.2 Å². The Labute approximate surface area is 236 Å². The van der Waals surface area contributed by atoms with Crippen LogP contribution < -0.4 is 14.4 Å². The molecule has 1 N–H and O–H groups in total. The van der Waals surface area contributed by atoms with Crippen LogP contribution in [-0.2, 0) is 26.2 Å². The first-order chi connectivity index (χ1) is 17.7. The van der Waals surface area contributed by atoms with Gasteiger partial charge >= 0.3 is 0 Å². The van der Waals surface area contributed by atoms with E-state index in [9.17, 15) is 18.0 Å². The topological polar surface area (TPSA) is 96.0 Å². The van der Waals surface area contributed by atoms with E-state index in [1.807, 2.05) is 39.8 Å². The number of sulfonamides is 1. The van der Waals surface area contributed by atoms with Gasteiger partial charge in [0.1, 0.15) is 11.8 Å². The highest BCUT2D eigenvalue weighted by atomic mass is 35.5. The number of benzene rings is 2. The van der Waals surface area contributed by atoms with E-state index in [1.165, 1.54) is 17.5 Å². The SMILES string of the molecule is CC[C@H](C(=O)NC(C)(C)C)N(Cc1ccc(Cl)cc1)C(=O)CCCN(c1ccc(OC)c(Cl)c1)S(C)(=O)=O. The minimum atomic E-state index is -3.65. The molecule has 0 bridgehead atoms. The molecule has 11 heteroatoms. The van der Waals surface area contributed by atoms with Crippen molar-refractivity contribution >= 4 is 50.7 Å². The third-order valence-corrected chi connectivity index (χ3v) is 7.47. The highest BCUT2D eigenvalue weighted by Gasteiger charge is 2.30. The second-order valence-electron chi connectivity index (χ2n) is 10.1. The van der Waals surface area contributed by atoms with Gasteiger partial charge in [-0.25, -0.2) is 8.42 Å². The fourth-order valence-electron chi connectivity index (χ4n) is 3.97. The number of nitrogens with one attached hydrogen (secondary N) is 1. The van der Waals surface area contributed by atoms with Crippen LogP contribution in [0.4, 0.5) is 5.69 Å². The third kappa shape index (κ3) is 9.36. The van der Waals surface area contributed by atoms with Gasteiger partial charge < -0.3 is 15.0 Å². The summed E-state index contributed by atoms with van der Waals surface area (Å²) in [6.07, 6.45) is 1.80. The van der Waals surface area contributed by atoms with Crippen molar-refractivity contribution in [1.82, 2.24) is 10.2 Å². The molecule has 2 aromatic rings. The molecule has 0 unspecified atom stereocenters.